The Balaban J connectivity index is 4.20. The summed E-state index contributed by atoms with van der Waals surface area (Å²) in [7, 11) is -4.36. The molecule has 0 bridgehead atoms. The van der Waals surface area contributed by atoms with Gasteiger partial charge in [0.25, 0.3) is 0 Å². The molecule has 2 atom stereocenters. The van der Waals surface area contributed by atoms with Gasteiger partial charge in [0.05, 0.1) is 13.2 Å². The van der Waals surface area contributed by atoms with Gasteiger partial charge < -0.3 is 20.1 Å². The molecule has 0 radical (unpaired) electrons. The Labute approximate surface area is 281 Å². The highest BCUT2D eigenvalue weighted by Crippen LogP contribution is 2.43. The molecule has 0 aliphatic heterocycles. The van der Waals surface area contributed by atoms with Gasteiger partial charge in [-0.1, -0.05) is 135 Å². The van der Waals surface area contributed by atoms with E-state index in [4.69, 9.17) is 24.3 Å². The fraction of sp³-hybridized carbons (Fsp3) is 0.889. The third-order valence-corrected chi connectivity index (χ3v) is 8.89. The molecule has 0 saturated carbocycles. The van der Waals surface area contributed by atoms with Crippen molar-refractivity contribution in [3.05, 3.63) is 12.2 Å². The molecule has 0 fully saturated rings. The third-order valence-electron chi connectivity index (χ3n) is 7.90. The first-order valence-electron chi connectivity index (χ1n) is 18.7. The van der Waals surface area contributed by atoms with Crippen LogP contribution in [0.4, 0.5) is 0 Å². The lowest BCUT2D eigenvalue weighted by Gasteiger charge is -2.19. The van der Waals surface area contributed by atoms with Crippen LogP contribution < -0.4 is 5.73 Å². The van der Waals surface area contributed by atoms with Crippen LogP contribution in [0.25, 0.3) is 0 Å². The fourth-order valence-corrected chi connectivity index (χ4v) is 5.86. The summed E-state index contributed by atoms with van der Waals surface area (Å²) >= 11 is 0. The van der Waals surface area contributed by atoms with Crippen molar-refractivity contribution in [1.29, 1.82) is 0 Å². The lowest BCUT2D eigenvalue weighted by atomic mass is 10.1. The minimum Gasteiger partial charge on any atom is -0.462 e. The van der Waals surface area contributed by atoms with Gasteiger partial charge in [0.2, 0.25) is 0 Å². The summed E-state index contributed by atoms with van der Waals surface area (Å²) in [4.78, 5) is 34.6. The van der Waals surface area contributed by atoms with Crippen molar-refractivity contribution in [2.24, 2.45) is 5.73 Å². The Kier molecular flexibility index (Phi) is 32.7. The number of phosphoric acid groups is 1. The van der Waals surface area contributed by atoms with Crippen LogP contribution in [0.15, 0.2) is 12.2 Å². The topological polar surface area (TPSA) is 134 Å². The van der Waals surface area contributed by atoms with Crippen LogP contribution in [0.1, 0.15) is 174 Å². The summed E-state index contributed by atoms with van der Waals surface area (Å²) in [5.74, 6) is -0.831. The monoisotopic (exact) mass is 675 g/mol. The van der Waals surface area contributed by atoms with Gasteiger partial charge in [0.15, 0.2) is 6.10 Å². The van der Waals surface area contributed by atoms with E-state index in [9.17, 15) is 19.0 Å². The molecule has 0 aromatic heterocycles. The van der Waals surface area contributed by atoms with E-state index < -0.39 is 26.5 Å². The highest BCUT2D eigenvalue weighted by atomic mass is 31.2. The van der Waals surface area contributed by atoms with E-state index in [-0.39, 0.29) is 38.6 Å². The van der Waals surface area contributed by atoms with Crippen molar-refractivity contribution in [2.45, 2.75) is 180 Å². The van der Waals surface area contributed by atoms with Crippen molar-refractivity contribution < 1.29 is 37.6 Å². The molecule has 0 aromatic carbocycles. The van der Waals surface area contributed by atoms with E-state index in [0.29, 0.717) is 6.42 Å². The van der Waals surface area contributed by atoms with Crippen LogP contribution in [0.3, 0.4) is 0 Å². The summed E-state index contributed by atoms with van der Waals surface area (Å²) < 4.78 is 32.6. The van der Waals surface area contributed by atoms with Gasteiger partial charge in [-0.3, -0.25) is 18.6 Å². The summed E-state index contributed by atoms with van der Waals surface area (Å²) in [6.07, 6.45) is 31.0. The zero-order chi connectivity index (χ0) is 34.0. The van der Waals surface area contributed by atoms with E-state index in [1.54, 1.807) is 0 Å². The van der Waals surface area contributed by atoms with Gasteiger partial charge in [0, 0.05) is 19.4 Å². The molecule has 0 amide bonds. The van der Waals surface area contributed by atoms with Crippen LogP contribution in [0.2, 0.25) is 0 Å². The first-order chi connectivity index (χ1) is 22.3. The zero-order valence-corrected chi connectivity index (χ0v) is 30.5. The highest BCUT2D eigenvalue weighted by molar-refractivity contribution is 7.47. The first kappa shape index (κ1) is 44.8. The van der Waals surface area contributed by atoms with Crippen molar-refractivity contribution >= 4 is 19.8 Å². The molecule has 0 spiro atoms. The second-order valence-corrected chi connectivity index (χ2v) is 13.9. The zero-order valence-electron chi connectivity index (χ0n) is 29.6. The van der Waals surface area contributed by atoms with Gasteiger partial charge in [-0.05, 0) is 38.5 Å². The third kappa shape index (κ3) is 32.7. The molecular formula is C36H70NO8P. The van der Waals surface area contributed by atoms with E-state index in [1.807, 2.05) is 0 Å². The molecule has 0 aliphatic rings. The van der Waals surface area contributed by atoms with Crippen LogP contribution in [-0.2, 0) is 32.7 Å². The predicted molar refractivity (Wildman–Crippen MR) is 188 cm³/mol. The lowest BCUT2D eigenvalue weighted by Crippen LogP contribution is -2.29. The average Bonchev–Trinajstić information content (AvgIpc) is 3.04. The van der Waals surface area contributed by atoms with Crippen molar-refractivity contribution in [1.82, 2.24) is 0 Å². The smallest absolute Gasteiger partial charge is 0.462 e. The predicted octanol–water partition coefficient (Wildman–Crippen LogP) is 9.88. The number of allylic oxidation sites excluding steroid dienone is 2. The van der Waals surface area contributed by atoms with Crippen molar-refractivity contribution in [3.8, 4) is 0 Å². The second-order valence-electron chi connectivity index (χ2n) is 12.4. The Morgan fingerprint density at radius 1 is 0.630 bits per heavy atom. The number of ether oxygens (including phenoxy) is 2. The molecule has 46 heavy (non-hydrogen) atoms. The molecule has 0 aromatic rings. The minimum absolute atomic E-state index is 0.0553. The molecule has 272 valence electrons. The van der Waals surface area contributed by atoms with Gasteiger partial charge >= 0.3 is 19.8 Å². The van der Waals surface area contributed by atoms with Crippen molar-refractivity contribution in [2.75, 3.05) is 26.4 Å². The first-order valence-corrected chi connectivity index (χ1v) is 20.2. The van der Waals surface area contributed by atoms with Gasteiger partial charge in [-0.25, -0.2) is 4.57 Å². The van der Waals surface area contributed by atoms with Crippen LogP contribution in [0.5, 0.6) is 0 Å². The average molecular weight is 676 g/mol. The number of rotatable bonds is 35. The number of esters is 2. The number of phosphoric ester groups is 1. The summed E-state index contributed by atoms with van der Waals surface area (Å²) in [6.45, 7) is 3.69. The fourth-order valence-electron chi connectivity index (χ4n) is 5.10. The molecule has 0 aliphatic carbocycles. The molecule has 10 heteroatoms. The quantitative estimate of drug-likeness (QED) is 0.0291. The summed E-state index contributed by atoms with van der Waals surface area (Å²) in [5, 5.41) is 0. The van der Waals surface area contributed by atoms with Gasteiger partial charge in [-0.15, -0.1) is 0 Å². The number of carbonyl (C=O) groups excluding carboxylic acids is 2. The Bertz CT molecular complexity index is 779. The summed E-state index contributed by atoms with van der Waals surface area (Å²) in [6, 6.07) is 0. The van der Waals surface area contributed by atoms with Crippen LogP contribution in [-0.4, -0.2) is 49.3 Å². The lowest BCUT2D eigenvalue weighted by molar-refractivity contribution is -0.161. The largest absolute Gasteiger partial charge is 0.472 e. The molecule has 0 heterocycles. The normalized spacial score (nSPS) is 13.6. The number of hydrogen-bond donors (Lipinski definition) is 2. The highest BCUT2D eigenvalue weighted by Gasteiger charge is 2.25. The number of hydrogen-bond acceptors (Lipinski definition) is 8. The maximum absolute atomic E-state index is 12.5. The SMILES string of the molecule is CCCCCC/C=C/CCCCCCCCCC(=O)OC[C@@H](COP(=O)(O)OCCN)OC(=O)CCCCCCCCCCCC. The second kappa shape index (κ2) is 33.6. The standard InChI is InChI=1S/C36H70NO8P/c1-3-5-7-9-11-13-15-16-17-18-19-21-22-24-26-28-35(38)42-32-34(33-44-46(40,41)43-31-30-37)45-36(39)29-27-25-23-20-14-12-10-8-6-4-2/h13,15,34H,3-12,14,16-33,37H2,1-2H3,(H,40,41)/b15-13+/t34-/m0/s1. The molecule has 0 saturated heterocycles. The van der Waals surface area contributed by atoms with Gasteiger partial charge in [-0.2, -0.15) is 0 Å². The van der Waals surface area contributed by atoms with E-state index >= 15 is 0 Å². The maximum atomic E-state index is 12.5. The van der Waals surface area contributed by atoms with Crippen molar-refractivity contribution in [3.63, 3.8) is 0 Å². The van der Waals surface area contributed by atoms with E-state index in [2.05, 4.69) is 26.0 Å². The Hall–Kier alpha value is -1.25. The summed E-state index contributed by atoms with van der Waals surface area (Å²) in [5.41, 5.74) is 5.32. The molecule has 1 unspecified atom stereocenters. The van der Waals surface area contributed by atoms with Crippen LogP contribution in [0, 0.1) is 0 Å². The van der Waals surface area contributed by atoms with Crippen LogP contribution >= 0.6 is 7.82 Å². The Morgan fingerprint density at radius 2 is 1.07 bits per heavy atom. The minimum atomic E-state index is -4.36. The number of nitrogens with two attached hydrogens (primary N) is 1. The molecular weight excluding hydrogens is 605 g/mol. The Morgan fingerprint density at radius 3 is 1.57 bits per heavy atom. The number of carbonyl (C=O) groups is 2. The maximum Gasteiger partial charge on any atom is 0.472 e. The number of unbranched alkanes of at least 4 members (excludes halogenated alkanes) is 20. The van der Waals surface area contributed by atoms with Gasteiger partial charge in [0.1, 0.15) is 6.61 Å². The molecule has 9 nitrogen and oxygen atoms in total. The molecule has 0 rings (SSSR count). The van der Waals surface area contributed by atoms with E-state index in [0.717, 1.165) is 44.9 Å². The van der Waals surface area contributed by atoms with E-state index in [1.165, 1.54) is 96.3 Å². The molecule has 3 N–H and O–H groups in total.